The molecule has 0 spiro atoms. The highest BCUT2D eigenvalue weighted by atomic mass is 19.1. The normalized spacial score (nSPS) is 37.4. The summed E-state index contributed by atoms with van der Waals surface area (Å²) in [5.41, 5.74) is 0. The summed E-state index contributed by atoms with van der Waals surface area (Å²) in [7, 11) is 0. The van der Waals surface area contributed by atoms with E-state index in [9.17, 15) is 4.39 Å². The van der Waals surface area contributed by atoms with E-state index in [1.54, 1.807) is 0 Å². The summed E-state index contributed by atoms with van der Waals surface area (Å²) < 4.78 is 29.1. The topological polar surface area (TPSA) is 0 Å². The van der Waals surface area contributed by atoms with E-state index in [-0.39, 0.29) is 11.8 Å². The van der Waals surface area contributed by atoms with E-state index in [2.05, 4.69) is 20.8 Å². The molecule has 2 aliphatic rings. The summed E-state index contributed by atoms with van der Waals surface area (Å²) in [4.78, 5) is 0. The Bertz CT molecular complexity index is 346. The second-order valence-corrected chi connectivity index (χ2v) is 9.40. The highest BCUT2D eigenvalue weighted by molar-refractivity contribution is 4.89. The largest absolute Gasteiger partial charge is 0.247 e. The minimum Gasteiger partial charge on any atom is -0.247 e. The van der Waals surface area contributed by atoms with Crippen LogP contribution in [0.1, 0.15) is 91.9 Å². The first-order valence-electron chi connectivity index (χ1n) is 10.7. The number of hydrogen-bond acceptors (Lipinski definition) is 0. The molecule has 2 fully saturated rings. The molecular formula is C22H40F2. The van der Waals surface area contributed by atoms with E-state index in [0.29, 0.717) is 24.7 Å². The zero-order valence-electron chi connectivity index (χ0n) is 16.4. The molecule has 2 rings (SSSR count). The maximum absolute atomic E-state index is 15.1. The number of alkyl halides is 2. The fourth-order valence-electron chi connectivity index (χ4n) is 5.43. The lowest BCUT2D eigenvalue weighted by Gasteiger charge is -2.42. The molecule has 24 heavy (non-hydrogen) atoms. The molecule has 0 aliphatic heterocycles. The molecule has 0 aromatic heterocycles. The number of hydrogen-bond donors (Lipinski definition) is 0. The first kappa shape index (κ1) is 20.2. The van der Waals surface area contributed by atoms with Crippen molar-refractivity contribution in [1.29, 1.82) is 0 Å². The second-order valence-electron chi connectivity index (χ2n) is 9.40. The number of halogens is 2. The average molecular weight is 343 g/mol. The molecule has 2 heteroatoms. The van der Waals surface area contributed by atoms with Gasteiger partial charge in [0.2, 0.25) is 0 Å². The van der Waals surface area contributed by atoms with Crippen LogP contribution in [-0.4, -0.2) is 12.3 Å². The van der Waals surface area contributed by atoms with Crippen LogP contribution in [0.15, 0.2) is 0 Å². The van der Waals surface area contributed by atoms with Crippen molar-refractivity contribution in [3.8, 4) is 0 Å². The van der Waals surface area contributed by atoms with Gasteiger partial charge in [0, 0.05) is 0 Å². The molecule has 5 atom stereocenters. The summed E-state index contributed by atoms with van der Waals surface area (Å²) >= 11 is 0. The van der Waals surface area contributed by atoms with Crippen LogP contribution < -0.4 is 0 Å². The van der Waals surface area contributed by atoms with Crippen LogP contribution in [0.5, 0.6) is 0 Å². The van der Waals surface area contributed by atoms with Crippen LogP contribution in [0.4, 0.5) is 8.78 Å². The van der Waals surface area contributed by atoms with E-state index in [0.717, 1.165) is 31.1 Å². The summed E-state index contributed by atoms with van der Waals surface area (Å²) in [5.74, 6) is 3.09. The predicted octanol–water partition coefficient (Wildman–Crippen LogP) is 7.37. The third-order valence-corrected chi connectivity index (χ3v) is 6.97. The van der Waals surface area contributed by atoms with Crippen LogP contribution >= 0.6 is 0 Å². The van der Waals surface area contributed by atoms with Gasteiger partial charge >= 0.3 is 0 Å². The third kappa shape index (κ3) is 5.70. The molecule has 142 valence electrons. The fourth-order valence-corrected chi connectivity index (χ4v) is 5.43. The monoisotopic (exact) mass is 342 g/mol. The van der Waals surface area contributed by atoms with Crippen LogP contribution in [0.25, 0.3) is 0 Å². The van der Waals surface area contributed by atoms with Crippen LogP contribution in [0, 0.1) is 35.5 Å². The van der Waals surface area contributed by atoms with Crippen molar-refractivity contribution in [1.82, 2.24) is 0 Å². The minimum absolute atomic E-state index is 0.107. The lowest BCUT2D eigenvalue weighted by molar-refractivity contribution is 0.0336. The molecule has 0 saturated heterocycles. The van der Waals surface area contributed by atoms with Crippen LogP contribution in [0.3, 0.4) is 0 Å². The Kier molecular flexibility index (Phi) is 8.01. The molecule has 2 aliphatic carbocycles. The Balaban J connectivity index is 1.91. The zero-order valence-corrected chi connectivity index (χ0v) is 16.4. The van der Waals surface area contributed by atoms with E-state index in [1.165, 1.54) is 32.1 Å². The Morgan fingerprint density at radius 2 is 1.54 bits per heavy atom. The molecular weight excluding hydrogens is 302 g/mol. The second kappa shape index (κ2) is 9.53. The summed E-state index contributed by atoms with van der Waals surface area (Å²) in [6, 6.07) is 0. The SMILES string of the molecule is CCC(F)CC(CC(C)C)C1CCC(C2CCC(C)CC2)CC1F. The van der Waals surface area contributed by atoms with Gasteiger partial charge in [0.05, 0.1) is 0 Å². The van der Waals surface area contributed by atoms with Crippen molar-refractivity contribution < 1.29 is 8.78 Å². The van der Waals surface area contributed by atoms with Gasteiger partial charge in [-0.15, -0.1) is 0 Å². The van der Waals surface area contributed by atoms with Crippen molar-refractivity contribution in [3.05, 3.63) is 0 Å². The molecule has 0 N–H and O–H groups in total. The lowest BCUT2D eigenvalue weighted by atomic mass is 9.65. The standard InChI is InChI=1S/C22H40F2/c1-5-20(23)13-19(12-15(2)3)21-11-10-18(14-22(21)24)17-8-6-16(4)7-9-17/h15-22H,5-14H2,1-4H3. The van der Waals surface area contributed by atoms with E-state index in [1.807, 2.05) is 6.92 Å². The van der Waals surface area contributed by atoms with E-state index >= 15 is 4.39 Å². The Hall–Kier alpha value is -0.140. The predicted molar refractivity (Wildman–Crippen MR) is 99.6 cm³/mol. The molecule has 2 saturated carbocycles. The highest BCUT2D eigenvalue weighted by Crippen LogP contribution is 2.45. The highest BCUT2D eigenvalue weighted by Gasteiger charge is 2.39. The zero-order chi connectivity index (χ0) is 17.7. The van der Waals surface area contributed by atoms with Crippen LogP contribution in [-0.2, 0) is 0 Å². The van der Waals surface area contributed by atoms with Crippen LogP contribution in [0.2, 0.25) is 0 Å². The molecule has 0 heterocycles. The van der Waals surface area contributed by atoms with Crippen molar-refractivity contribution in [2.45, 2.75) is 104 Å². The molecule has 5 unspecified atom stereocenters. The van der Waals surface area contributed by atoms with Gasteiger partial charge in [-0.2, -0.15) is 0 Å². The summed E-state index contributed by atoms with van der Waals surface area (Å²) in [6.07, 6.45) is 8.88. The van der Waals surface area contributed by atoms with E-state index in [4.69, 9.17) is 0 Å². The van der Waals surface area contributed by atoms with Gasteiger partial charge in [-0.25, -0.2) is 8.78 Å². The smallest absolute Gasteiger partial charge is 0.103 e. The van der Waals surface area contributed by atoms with Crippen molar-refractivity contribution in [2.24, 2.45) is 35.5 Å². The van der Waals surface area contributed by atoms with Crippen molar-refractivity contribution in [3.63, 3.8) is 0 Å². The average Bonchev–Trinajstić information content (AvgIpc) is 2.54. The first-order valence-corrected chi connectivity index (χ1v) is 10.7. The Labute approximate surface area is 149 Å². The van der Waals surface area contributed by atoms with Gasteiger partial charge in [0.1, 0.15) is 12.3 Å². The summed E-state index contributed by atoms with van der Waals surface area (Å²) in [5, 5.41) is 0. The quantitative estimate of drug-likeness (QED) is 0.453. The molecule has 0 nitrogen and oxygen atoms in total. The molecule has 0 aromatic rings. The Morgan fingerprint density at radius 3 is 2.08 bits per heavy atom. The minimum atomic E-state index is -0.751. The number of rotatable bonds is 7. The van der Waals surface area contributed by atoms with Gasteiger partial charge in [-0.3, -0.25) is 0 Å². The fraction of sp³-hybridized carbons (Fsp3) is 1.00. The maximum atomic E-state index is 15.1. The first-order chi connectivity index (χ1) is 11.4. The maximum Gasteiger partial charge on any atom is 0.103 e. The molecule has 0 bridgehead atoms. The van der Waals surface area contributed by atoms with E-state index < -0.39 is 12.3 Å². The molecule has 0 amide bonds. The van der Waals surface area contributed by atoms with Gasteiger partial charge in [-0.05, 0) is 86.9 Å². The van der Waals surface area contributed by atoms with Crippen molar-refractivity contribution in [2.75, 3.05) is 0 Å². The van der Waals surface area contributed by atoms with Gasteiger partial charge in [-0.1, -0.05) is 40.5 Å². The third-order valence-electron chi connectivity index (χ3n) is 6.97. The molecule has 0 aromatic carbocycles. The lowest BCUT2D eigenvalue weighted by Crippen LogP contribution is -2.36. The van der Waals surface area contributed by atoms with Gasteiger partial charge in [0.15, 0.2) is 0 Å². The van der Waals surface area contributed by atoms with Gasteiger partial charge in [0.25, 0.3) is 0 Å². The van der Waals surface area contributed by atoms with Gasteiger partial charge < -0.3 is 0 Å². The molecule has 0 radical (unpaired) electrons. The Morgan fingerprint density at radius 1 is 0.917 bits per heavy atom. The summed E-state index contributed by atoms with van der Waals surface area (Å²) in [6.45, 7) is 8.64. The van der Waals surface area contributed by atoms with Crippen molar-refractivity contribution >= 4 is 0 Å².